The molecular formula is C20H20ClNO3. The quantitative estimate of drug-likeness (QED) is 0.800. The van der Waals surface area contributed by atoms with Gasteiger partial charge in [0.1, 0.15) is 0 Å². The van der Waals surface area contributed by atoms with Crippen LogP contribution in [0.5, 0.6) is 0 Å². The van der Waals surface area contributed by atoms with Crippen molar-refractivity contribution < 1.29 is 15.0 Å². The summed E-state index contributed by atoms with van der Waals surface area (Å²) < 4.78 is 0. The number of fused-ring (bicyclic) bond motifs is 1. The van der Waals surface area contributed by atoms with Crippen molar-refractivity contribution in [2.45, 2.75) is 18.9 Å². The second kappa shape index (κ2) is 7.00. The topological polar surface area (TPSA) is 60.8 Å². The van der Waals surface area contributed by atoms with Crippen molar-refractivity contribution >= 4 is 28.9 Å². The fraction of sp³-hybridized carbons (Fsp3) is 0.250. The zero-order valence-electron chi connectivity index (χ0n) is 13.9. The summed E-state index contributed by atoms with van der Waals surface area (Å²) >= 11 is 6.13. The summed E-state index contributed by atoms with van der Waals surface area (Å²) in [5.41, 5.74) is 0.112. The van der Waals surface area contributed by atoms with Gasteiger partial charge in [-0.1, -0.05) is 48.9 Å². The van der Waals surface area contributed by atoms with Gasteiger partial charge in [-0.25, -0.2) is 0 Å². The van der Waals surface area contributed by atoms with E-state index in [9.17, 15) is 9.90 Å². The molecule has 2 aromatic rings. The second-order valence-electron chi connectivity index (χ2n) is 6.13. The number of carbonyl (C=O) groups is 1. The van der Waals surface area contributed by atoms with Gasteiger partial charge >= 0.3 is 0 Å². The van der Waals surface area contributed by atoms with Crippen molar-refractivity contribution in [1.29, 1.82) is 0 Å². The molecule has 2 N–H and O–H groups in total. The molecule has 0 unspecified atom stereocenters. The highest BCUT2D eigenvalue weighted by Gasteiger charge is 2.53. The average molecular weight is 358 g/mol. The lowest BCUT2D eigenvalue weighted by molar-refractivity contribution is -0.138. The van der Waals surface area contributed by atoms with Gasteiger partial charge in [0.15, 0.2) is 5.60 Å². The number of anilines is 2. The number of carbonyl (C=O) groups excluding carboxylic acids is 1. The Morgan fingerprint density at radius 2 is 1.96 bits per heavy atom. The Morgan fingerprint density at radius 3 is 2.64 bits per heavy atom. The molecule has 0 spiro atoms. The van der Waals surface area contributed by atoms with E-state index in [-0.39, 0.29) is 6.61 Å². The number of nitrogens with zero attached hydrogens (tertiary/aromatic N) is 1. The zero-order chi connectivity index (χ0) is 18.0. The molecule has 5 heteroatoms. The first kappa shape index (κ1) is 17.7. The minimum absolute atomic E-state index is 0.0220. The minimum Gasteiger partial charge on any atom is -0.396 e. The van der Waals surface area contributed by atoms with Crippen molar-refractivity contribution in [3.8, 4) is 0 Å². The lowest BCUT2D eigenvalue weighted by atomic mass is 9.83. The van der Waals surface area contributed by atoms with Crippen molar-refractivity contribution in [1.82, 2.24) is 0 Å². The summed E-state index contributed by atoms with van der Waals surface area (Å²) in [6.45, 7) is 1.80. The number of aliphatic hydroxyl groups excluding tert-OH is 1. The molecule has 0 bridgehead atoms. The number of para-hydroxylation sites is 1. The van der Waals surface area contributed by atoms with Crippen LogP contribution >= 0.6 is 11.6 Å². The Labute approximate surface area is 152 Å². The van der Waals surface area contributed by atoms with E-state index in [0.717, 1.165) is 0 Å². The predicted molar refractivity (Wildman–Crippen MR) is 98.9 cm³/mol. The maximum absolute atomic E-state index is 13.2. The van der Waals surface area contributed by atoms with E-state index in [1.807, 2.05) is 30.3 Å². The highest BCUT2D eigenvalue weighted by Crippen LogP contribution is 2.48. The summed E-state index contributed by atoms with van der Waals surface area (Å²) in [4.78, 5) is 14.7. The Bertz CT molecular complexity index is 806. The highest BCUT2D eigenvalue weighted by atomic mass is 35.5. The molecule has 25 heavy (non-hydrogen) atoms. The van der Waals surface area contributed by atoms with Crippen LogP contribution in [0.1, 0.15) is 18.9 Å². The molecule has 1 aliphatic rings. The molecule has 0 fully saturated rings. The van der Waals surface area contributed by atoms with Gasteiger partial charge in [-0.3, -0.25) is 9.69 Å². The highest BCUT2D eigenvalue weighted by molar-refractivity contribution is 6.31. The Balaban J connectivity index is 2.12. The van der Waals surface area contributed by atoms with Crippen LogP contribution in [-0.4, -0.2) is 22.7 Å². The normalized spacial score (nSPS) is 21.0. The standard InChI is InChI=1S/C20H20ClNO3/c1-14(7-5-6-12-23)20(25)17-13-15(21)10-11-18(17)22(19(20)24)16-8-3-2-4-9-16/h2-5,7-11,13-14,23,25H,6,12H2,1H3/b7-5+/t14-,20+/m1/s1. The minimum atomic E-state index is -1.71. The van der Waals surface area contributed by atoms with E-state index in [1.165, 1.54) is 4.90 Å². The third-order valence-electron chi connectivity index (χ3n) is 4.53. The first-order chi connectivity index (χ1) is 12.0. The molecule has 1 amide bonds. The van der Waals surface area contributed by atoms with Crippen molar-refractivity contribution in [3.63, 3.8) is 0 Å². The SMILES string of the molecule is C[C@H](/C=C/CCO)[C@@]1(O)C(=O)N(c2ccccc2)c2ccc(Cl)cc21. The first-order valence-electron chi connectivity index (χ1n) is 8.19. The third kappa shape index (κ3) is 2.97. The lowest BCUT2D eigenvalue weighted by Crippen LogP contribution is -2.42. The van der Waals surface area contributed by atoms with Crippen LogP contribution in [0.25, 0.3) is 0 Å². The molecular weight excluding hydrogens is 338 g/mol. The largest absolute Gasteiger partial charge is 0.396 e. The number of aliphatic hydroxyl groups is 2. The zero-order valence-corrected chi connectivity index (χ0v) is 14.6. The molecule has 0 aromatic heterocycles. The van der Waals surface area contributed by atoms with Crippen molar-refractivity contribution in [2.75, 3.05) is 11.5 Å². The van der Waals surface area contributed by atoms with Gasteiger partial charge in [0.2, 0.25) is 0 Å². The molecule has 0 saturated heterocycles. The third-order valence-corrected chi connectivity index (χ3v) is 4.77. The van der Waals surface area contributed by atoms with E-state index in [0.29, 0.717) is 28.4 Å². The number of amides is 1. The van der Waals surface area contributed by atoms with Crippen LogP contribution in [0, 0.1) is 5.92 Å². The molecule has 2 atom stereocenters. The number of benzene rings is 2. The molecule has 0 saturated carbocycles. The fourth-order valence-electron chi connectivity index (χ4n) is 3.19. The maximum atomic E-state index is 13.2. The summed E-state index contributed by atoms with van der Waals surface area (Å²) in [7, 11) is 0. The van der Waals surface area contributed by atoms with Gasteiger partial charge < -0.3 is 10.2 Å². The van der Waals surface area contributed by atoms with Crippen LogP contribution in [-0.2, 0) is 10.4 Å². The Hall–Kier alpha value is -2.14. The van der Waals surface area contributed by atoms with Gasteiger partial charge in [-0.2, -0.15) is 0 Å². The van der Waals surface area contributed by atoms with Crippen LogP contribution < -0.4 is 4.90 Å². The summed E-state index contributed by atoms with van der Waals surface area (Å²) in [5, 5.41) is 20.8. The van der Waals surface area contributed by atoms with E-state index >= 15 is 0 Å². The molecule has 0 radical (unpaired) electrons. The smallest absolute Gasteiger partial charge is 0.268 e. The van der Waals surface area contributed by atoms with Gasteiger partial charge in [-0.05, 0) is 36.8 Å². The van der Waals surface area contributed by atoms with Gasteiger partial charge in [0.25, 0.3) is 5.91 Å². The van der Waals surface area contributed by atoms with Crippen molar-refractivity contribution in [3.05, 3.63) is 71.3 Å². The Kier molecular flexibility index (Phi) is 4.95. The predicted octanol–water partition coefficient (Wildman–Crippen LogP) is 3.78. The van der Waals surface area contributed by atoms with Crippen LogP contribution in [0.4, 0.5) is 11.4 Å². The van der Waals surface area contributed by atoms with Crippen molar-refractivity contribution in [2.24, 2.45) is 5.92 Å². The summed E-state index contributed by atoms with van der Waals surface area (Å²) in [6.07, 6.45) is 4.00. The number of hydrogen-bond acceptors (Lipinski definition) is 3. The van der Waals surface area contributed by atoms with Crippen LogP contribution in [0.3, 0.4) is 0 Å². The van der Waals surface area contributed by atoms with E-state index < -0.39 is 17.4 Å². The molecule has 2 aromatic carbocycles. The Morgan fingerprint density at radius 1 is 1.24 bits per heavy atom. The molecule has 4 nitrogen and oxygen atoms in total. The van der Waals surface area contributed by atoms with E-state index in [1.54, 1.807) is 37.3 Å². The second-order valence-corrected chi connectivity index (χ2v) is 6.57. The van der Waals surface area contributed by atoms with E-state index in [4.69, 9.17) is 16.7 Å². The molecule has 3 rings (SSSR count). The number of halogens is 1. The number of hydrogen-bond donors (Lipinski definition) is 2. The molecule has 1 heterocycles. The average Bonchev–Trinajstić information content (AvgIpc) is 2.84. The summed E-state index contributed by atoms with van der Waals surface area (Å²) in [5.74, 6) is -0.880. The molecule has 130 valence electrons. The monoisotopic (exact) mass is 357 g/mol. The van der Waals surface area contributed by atoms with Gasteiger partial charge in [-0.15, -0.1) is 0 Å². The molecule has 0 aliphatic carbocycles. The van der Waals surface area contributed by atoms with Gasteiger partial charge in [0, 0.05) is 28.8 Å². The fourth-order valence-corrected chi connectivity index (χ4v) is 3.36. The number of rotatable bonds is 5. The first-order valence-corrected chi connectivity index (χ1v) is 8.57. The van der Waals surface area contributed by atoms with Gasteiger partial charge in [0.05, 0.1) is 5.69 Å². The van der Waals surface area contributed by atoms with E-state index in [2.05, 4.69) is 0 Å². The van der Waals surface area contributed by atoms with Crippen LogP contribution in [0.2, 0.25) is 5.02 Å². The maximum Gasteiger partial charge on any atom is 0.268 e. The van der Waals surface area contributed by atoms with Crippen LogP contribution in [0.15, 0.2) is 60.7 Å². The summed E-state index contributed by atoms with van der Waals surface area (Å²) in [6, 6.07) is 14.3. The molecule has 1 aliphatic heterocycles. The lowest BCUT2D eigenvalue weighted by Gasteiger charge is -2.27.